The maximum atomic E-state index is 5.51. The largest absolute Gasteiger partial charge is 0.496 e. The number of piperazine rings is 1. The molecule has 0 saturated carbocycles. The summed E-state index contributed by atoms with van der Waals surface area (Å²) in [7, 11) is 3.88. The quantitative estimate of drug-likeness (QED) is 0.862. The normalized spacial score (nSPS) is 19.5. The molecule has 0 amide bonds. The Hall–Kier alpha value is -2.14. The third-order valence-corrected chi connectivity index (χ3v) is 3.98. The van der Waals surface area contributed by atoms with E-state index in [1.165, 1.54) is 5.56 Å². The lowest BCUT2D eigenvalue weighted by Gasteiger charge is -2.40. The third-order valence-electron chi connectivity index (χ3n) is 3.98. The fourth-order valence-electron chi connectivity index (χ4n) is 2.79. The molecule has 1 saturated heterocycles. The van der Waals surface area contributed by atoms with E-state index < -0.39 is 0 Å². The molecular formula is C16H20N4O. The molecule has 2 heterocycles. The lowest BCUT2D eigenvalue weighted by molar-refractivity contribution is 0.215. The molecule has 0 bridgehead atoms. The molecule has 1 aliphatic rings. The van der Waals surface area contributed by atoms with Gasteiger partial charge in [0, 0.05) is 37.6 Å². The molecule has 0 unspecified atom stereocenters. The van der Waals surface area contributed by atoms with Crippen LogP contribution in [0.1, 0.15) is 11.6 Å². The summed E-state index contributed by atoms with van der Waals surface area (Å²) >= 11 is 0. The molecule has 2 aromatic rings. The van der Waals surface area contributed by atoms with Crippen molar-refractivity contribution in [2.75, 3.05) is 38.7 Å². The number of ether oxygens (including phenoxy) is 1. The monoisotopic (exact) mass is 284 g/mol. The zero-order valence-electron chi connectivity index (χ0n) is 12.4. The SMILES string of the molecule is COc1ccccc1[C@H]1CN(c2ncccn2)CCN1C. The number of hydrogen-bond donors (Lipinski definition) is 0. The molecule has 1 aromatic heterocycles. The van der Waals surface area contributed by atoms with Gasteiger partial charge in [0.25, 0.3) is 0 Å². The van der Waals surface area contributed by atoms with Gasteiger partial charge >= 0.3 is 0 Å². The number of hydrogen-bond acceptors (Lipinski definition) is 5. The van der Waals surface area contributed by atoms with E-state index in [0.29, 0.717) is 0 Å². The number of methoxy groups -OCH3 is 1. The molecule has 1 fully saturated rings. The van der Waals surface area contributed by atoms with Gasteiger partial charge in [-0.3, -0.25) is 4.90 Å². The molecule has 5 heteroatoms. The Balaban J connectivity index is 1.87. The predicted molar refractivity (Wildman–Crippen MR) is 82.6 cm³/mol. The van der Waals surface area contributed by atoms with Crippen LogP contribution in [0.5, 0.6) is 5.75 Å². The van der Waals surface area contributed by atoms with Crippen LogP contribution in [-0.4, -0.2) is 48.7 Å². The molecule has 0 N–H and O–H groups in total. The summed E-state index contributed by atoms with van der Waals surface area (Å²) in [5.74, 6) is 1.73. The van der Waals surface area contributed by atoms with Gasteiger partial charge in [-0.1, -0.05) is 18.2 Å². The number of nitrogens with zero attached hydrogens (tertiary/aromatic N) is 4. The van der Waals surface area contributed by atoms with Crippen molar-refractivity contribution in [3.8, 4) is 5.75 Å². The molecule has 110 valence electrons. The summed E-state index contributed by atoms with van der Waals surface area (Å²) in [6.07, 6.45) is 3.58. The van der Waals surface area contributed by atoms with Crippen LogP contribution in [0, 0.1) is 0 Å². The Bertz CT molecular complexity index is 590. The second-order valence-corrected chi connectivity index (χ2v) is 5.23. The maximum Gasteiger partial charge on any atom is 0.225 e. The molecule has 5 nitrogen and oxygen atoms in total. The zero-order chi connectivity index (χ0) is 14.7. The predicted octanol–water partition coefficient (Wildman–Crippen LogP) is 1.98. The summed E-state index contributed by atoms with van der Waals surface area (Å²) in [6.45, 7) is 2.77. The molecular weight excluding hydrogens is 264 g/mol. The van der Waals surface area contributed by atoms with Gasteiger partial charge in [-0.05, 0) is 19.2 Å². The Morgan fingerprint density at radius 3 is 2.62 bits per heavy atom. The van der Waals surface area contributed by atoms with E-state index >= 15 is 0 Å². The summed E-state index contributed by atoms with van der Waals surface area (Å²) in [6, 6.07) is 10.3. The second-order valence-electron chi connectivity index (χ2n) is 5.23. The standard InChI is InChI=1S/C16H20N4O/c1-19-10-11-20(16-17-8-5-9-18-16)12-14(19)13-6-3-4-7-15(13)21-2/h3-9,14H,10-12H2,1-2H3/t14-/m1/s1. The molecule has 3 rings (SSSR count). The van der Waals surface area contributed by atoms with E-state index in [1.807, 2.05) is 18.2 Å². The van der Waals surface area contributed by atoms with Gasteiger partial charge in [-0.2, -0.15) is 0 Å². The van der Waals surface area contributed by atoms with Crippen LogP contribution >= 0.6 is 0 Å². The summed E-state index contributed by atoms with van der Waals surface area (Å²) in [5.41, 5.74) is 1.21. The van der Waals surface area contributed by atoms with Crippen molar-refractivity contribution in [3.05, 3.63) is 48.3 Å². The van der Waals surface area contributed by atoms with Crippen LogP contribution in [0.2, 0.25) is 0 Å². The first-order chi connectivity index (χ1) is 10.3. The van der Waals surface area contributed by atoms with Crippen molar-refractivity contribution in [2.45, 2.75) is 6.04 Å². The van der Waals surface area contributed by atoms with Crippen LogP contribution in [0.15, 0.2) is 42.7 Å². The van der Waals surface area contributed by atoms with Crippen LogP contribution < -0.4 is 9.64 Å². The highest BCUT2D eigenvalue weighted by Crippen LogP contribution is 2.31. The van der Waals surface area contributed by atoms with E-state index in [9.17, 15) is 0 Å². The average Bonchev–Trinajstić information content (AvgIpc) is 2.56. The maximum absolute atomic E-state index is 5.51. The number of benzene rings is 1. The van der Waals surface area contributed by atoms with Crippen LogP contribution in [-0.2, 0) is 0 Å². The van der Waals surface area contributed by atoms with Gasteiger partial charge in [-0.15, -0.1) is 0 Å². The fourth-order valence-corrected chi connectivity index (χ4v) is 2.79. The minimum absolute atomic E-state index is 0.277. The second kappa shape index (κ2) is 6.10. The summed E-state index contributed by atoms with van der Waals surface area (Å²) in [4.78, 5) is 13.3. The number of para-hydroxylation sites is 1. The smallest absolute Gasteiger partial charge is 0.225 e. The Morgan fingerprint density at radius 1 is 1.10 bits per heavy atom. The van der Waals surface area contributed by atoms with Crippen LogP contribution in [0.25, 0.3) is 0 Å². The zero-order valence-corrected chi connectivity index (χ0v) is 12.4. The van der Waals surface area contributed by atoms with Crippen molar-refractivity contribution in [3.63, 3.8) is 0 Å². The van der Waals surface area contributed by atoms with Gasteiger partial charge in [0.2, 0.25) is 5.95 Å². The van der Waals surface area contributed by atoms with E-state index in [-0.39, 0.29) is 6.04 Å². The highest BCUT2D eigenvalue weighted by molar-refractivity contribution is 5.39. The van der Waals surface area contributed by atoms with Crippen LogP contribution in [0.4, 0.5) is 5.95 Å². The third kappa shape index (κ3) is 2.83. The van der Waals surface area contributed by atoms with Gasteiger partial charge in [0.15, 0.2) is 0 Å². The van der Waals surface area contributed by atoms with Gasteiger partial charge in [-0.25, -0.2) is 9.97 Å². The summed E-state index contributed by atoms with van der Waals surface area (Å²) in [5, 5.41) is 0. The molecule has 0 aliphatic carbocycles. The fraction of sp³-hybridized carbons (Fsp3) is 0.375. The first kappa shape index (κ1) is 13.8. The minimum atomic E-state index is 0.277. The van der Waals surface area contributed by atoms with E-state index in [1.54, 1.807) is 19.5 Å². The molecule has 21 heavy (non-hydrogen) atoms. The number of aromatic nitrogens is 2. The van der Waals surface area contributed by atoms with Crippen molar-refractivity contribution >= 4 is 5.95 Å². The van der Waals surface area contributed by atoms with E-state index in [0.717, 1.165) is 31.3 Å². The van der Waals surface area contributed by atoms with Crippen molar-refractivity contribution in [2.24, 2.45) is 0 Å². The molecule has 1 aromatic carbocycles. The molecule has 0 radical (unpaired) electrons. The molecule has 0 spiro atoms. The lowest BCUT2D eigenvalue weighted by atomic mass is 10.0. The molecule has 1 atom stereocenters. The highest BCUT2D eigenvalue weighted by Gasteiger charge is 2.28. The average molecular weight is 284 g/mol. The number of rotatable bonds is 3. The Labute approximate surface area is 125 Å². The highest BCUT2D eigenvalue weighted by atomic mass is 16.5. The van der Waals surface area contributed by atoms with Crippen LogP contribution in [0.3, 0.4) is 0 Å². The van der Waals surface area contributed by atoms with E-state index in [4.69, 9.17) is 4.74 Å². The first-order valence-corrected chi connectivity index (χ1v) is 7.14. The van der Waals surface area contributed by atoms with Gasteiger partial charge in [0.05, 0.1) is 13.2 Å². The van der Waals surface area contributed by atoms with E-state index in [2.05, 4.69) is 38.9 Å². The van der Waals surface area contributed by atoms with Crippen molar-refractivity contribution in [1.29, 1.82) is 0 Å². The van der Waals surface area contributed by atoms with Crippen molar-refractivity contribution < 1.29 is 4.74 Å². The topological polar surface area (TPSA) is 41.5 Å². The van der Waals surface area contributed by atoms with Gasteiger partial charge in [0.1, 0.15) is 5.75 Å². The minimum Gasteiger partial charge on any atom is -0.496 e. The number of anilines is 1. The Morgan fingerprint density at radius 2 is 1.86 bits per heavy atom. The molecule has 1 aliphatic heterocycles. The first-order valence-electron chi connectivity index (χ1n) is 7.14. The number of likely N-dealkylation sites (N-methyl/N-ethyl adjacent to an activating group) is 1. The lowest BCUT2D eigenvalue weighted by Crippen LogP contribution is -2.47. The van der Waals surface area contributed by atoms with Gasteiger partial charge < -0.3 is 9.64 Å². The Kier molecular flexibility index (Phi) is 4.01. The van der Waals surface area contributed by atoms with Crippen molar-refractivity contribution in [1.82, 2.24) is 14.9 Å². The summed E-state index contributed by atoms with van der Waals surface area (Å²) < 4.78 is 5.51.